The number of amides is 1. The van der Waals surface area contributed by atoms with Gasteiger partial charge in [-0.15, -0.1) is 11.3 Å². The van der Waals surface area contributed by atoms with Gasteiger partial charge in [-0.1, -0.05) is 11.6 Å². The van der Waals surface area contributed by atoms with Crippen LogP contribution in [0.2, 0.25) is 5.02 Å². The fourth-order valence-corrected chi connectivity index (χ4v) is 2.93. The summed E-state index contributed by atoms with van der Waals surface area (Å²) in [5.41, 5.74) is 4.14. The first-order valence-corrected chi connectivity index (χ1v) is 8.99. The Morgan fingerprint density at radius 1 is 1.30 bits per heavy atom. The van der Waals surface area contributed by atoms with E-state index in [0.29, 0.717) is 21.5 Å². The summed E-state index contributed by atoms with van der Waals surface area (Å²) in [6.07, 6.45) is 1.44. The number of ether oxygens (including phenoxy) is 1. The van der Waals surface area contributed by atoms with Gasteiger partial charge in [0.15, 0.2) is 16.6 Å². The predicted octanol–water partition coefficient (Wildman–Crippen LogP) is 4.02. The van der Waals surface area contributed by atoms with Crippen molar-refractivity contribution >= 4 is 45.9 Å². The number of aromatic nitrogens is 1. The first-order chi connectivity index (χ1) is 13.0. The molecule has 3 rings (SSSR count). The third-order valence-corrected chi connectivity index (χ3v) is 4.43. The Bertz CT molecular complexity index is 973. The van der Waals surface area contributed by atoms with Crippen molar-refractivity contribution in [2.24, 2.45) is 5.10 Å². The van der Waals surface area contributed by atoms with E-state index in [1.165, 1.54) is 30.7 Å². The van der Waals surface area contributed by atoms with Crippen LogP contribution in [0.3, 0.4) is 0 Å². The van der Waals surface area contributed by atoms with E-state index < -0.39 is 5.91 Å². The van der Waals surface area contributed by atoms with Gasteiger partial charge < -0.3 is 15.2 Å². The predicted molar refractivity (Wildman–Crippen MR) is 107 cm³/mol. The van der Waals surface area contributed by atoms with Gasteiger partial charge in [-0.2, -0.15) is 5.10 Å². The smallest absolute Gasteiger partial charge is 0.290 e. The summed E-state index contributed by atoms with van der Waals surface area (Å²) in [7, 11) is 1.45. The maximum Gasteiger partial charge on any atom is 0.290 e. The Kier molecular flexibility index (Phi) is 5.90. The summed E-state index contributed by atoms with van der Waals surface area (Å²) in [4.78, 5) is 16.4. The number of anilines is 2. The molecule has 0 spiro atoms. The highest BCUT2D eigenvalue weighted by atomic mass is 35.5. The molecule has 1 aromatic heterocycles. The van der Waals surface area contributed by atoms with E-state index in [-0.39, 0.29) is 11.4 Å². The van der Waals surface area contributed by atoms with Crippen LogP contribution < -0.4 is 15.5 Å². The van der Waals surface area contributed by atoms with Crippen molar-refractivity contribution in [3.8, 4) is 11.5 Å². The number of nitrogens with zero attached hydrogens (tertiary/aromatic N) is 2. The molecule has 1 heterocycles. The number of halogens is 1. The van der Waals surface area contributed by atoms with Crippen molar-refractivity contribution in [2.45, 2.75) is 0 Å². The number of hydrazone groups is 1. The Morgan fingerprint density at radius 2 is 2.07 bits per heavy atom. The minimum atomic E-state index is -0.433. The van der Waals surface area contributed by atoms with Gasteiger partial charge >= 0.3 is 0 Å². The molecule has 0 fully saturated rings. The van der Waals surface area contributed by atoms with Gasteiger partial charge in [-0.3, -0.25) is 4.79 Å². The molecule has 2 aromatic carbocycles. The zero-order valence-corrected chi connectivity index (χ0v) is 15.7. The maximum atomic E-state index is 12.1. The number of aromatic hydroxyl groups is 1. The van der Waals surface area contributed by atoms with E-state index in [1.807, 2.05) is 12.1 Å². The molecule has 0 bridgehead atoms. The van der Waals surface area contributed by atoms with Gasteiger partial charge in [0.2, 0.25) is 0 Å². The highest BCUT2D eigenvalue weighted by Gasteiger charge is 2.10. The SMILES string of the molecule is COc1cc(/C=N/NC(=O)c2csc(Nc3ccc(Cl)cc3)n2)ccc1O. The monoisotopic (exact) mass is 402 g/mol. The number of carbonyl (C=O) groups is 1. The van der Waals surface area contributed by atoms with Crippen LogP contribution >= 0.6 is 22.9 Å². The molecule has 1 amide bonds. The first kappa shape index (κ1) is 18.7. The van der Waals surface area contributed by atoms with E-state index in [4.69, 9.17) is 16.3 Å². The molecule has 7 nitrogen and oxygen atoms in total. The molecule has 0 saturated carbocycles. The molecule has 27 heavy (non-hydrogen) atoms. The maximum absolute atomic E-state index is 12.1. The molecule has 0 aliphatic rings. The fraction of sp³-hybridized carbons (Fsp3) is 0.0556. The number of hydrogen-bond donors (Lipinski definition) is 3. The van der Waals surface area contributed by atoms with Gasteiger partial charge in [0.05, 0.1) is 13.3 Å². The van der Waals surface area contributed by atoms with Crippen LogP contribution in [0.1, 0.15) is 16.1 Å². The molecule has 0 saturated heterocycles. The lowest BCUT2D eigenvalue weighted by Crippen LogP contribution is -2.18. The summed E-state index contributed by atoms with van der Waals surface area (Å²) in [5.74, 6) is -0.0815. The highest BCUT2D eigenvalue weighted by molar-refractivity contribution is 7.14. The van der Waals surface area contributed by atoms with Crippen molar-refractivity contribution in [2.75, 3.05) is 12.4 Å². The summed E-state index contributed by atoms with van der Waals surface area (Å²) in [5, 5.41) is 19.4. The zero-order valence-electron chi connectivity index (χ0n) is 14.1. The van der Waals surface area contributed by atoms with E-state index in [0.717, 1.165) is 5.69 Å². The molecule has 3 aromatic rings. The molecule has 0 aliphatic heterocycles. The summed E-state index contributed by atoms with van der Waals surface area (Å²) < 4.78 is 5.02. The Labute approximate surface area is 164 Å². The molecular formula is C18H15ClN4O3S. The molecule has 0 unspecified atom stereocenters. The lowest BCUT2D eigenvalue weighted by molar-refractivity contribution is 0.0951. The Hall–Kier alpha value is -3.10. The van der Waals surface area contributed by atoms with Crippen LogP contribution in [0.4, 0.5) is 10.8 Å². The second-order valence-electron chi connectivity index (χ2n) is 5.30. The standard InChI is InChI=1S/C18H15ClN4O3S/c1-26-16-8-11(2-7-15(16)24)9-20-23-17(25)14-10-27-18(22-14)21-13-5-3-12(19)4-6-13/h2-10,24H,1H3,(H,21,22)(H,23,25)/b20-9+. The average molecular weight is 403 g/mol. The molecule has 0 aliphatic carbocycles. The quantitative estimate of drug-likeness (QED) is 0.427. The van der Waals surface area contributed by atoms with Crippen molar-refractivity contribution in [3.05, 3.63) is 64.1 Å². The number of hydrogen-bond acceptors (Lipinski definition) is 7. The number of methoxy groups -OCH3 is 1. The zero-order chi connectivity index (χ0) is 19.2. The number of phenols is 1. The van der Waals surface area contributed by atoms with E-state index in [9.17, 15) is 9.90 Å². The van der Waals surface area contributed by atoms with Crippen molar-refractivity contribution in [1.82, 2.24) is 10.4 Å². The molecular weight excluding hydrogens is 388 g/mol. The third-order valence-electron chi connectivity index (χ3n) is 3.42. The average Bonchev–Trinajstić information content (AvgIpc) is 3.13. The lowest BCUT2D eigenvalue weighted by atomic mass is 10.2. The summed E-state index contributed by atoms with van der Waals surface area (Å²) in [6.45, 7) is 0. The topological polar surface area (TPSA) is 95.8 Å². The molecule has 138 valence electrons. The highest BCUT2D eigenvalue weighted by Crippen LogP contribution is 2.25. The number of benzene rings is 2. The summed E-state index contributed by atoms with van der Waals surface area (Å²) in [6, 6.07) is 11.9. The minimum absolute atomic E-state index is 0.0295. The van der Waals surface area contributed by atoms with Crippen LogP contribution in [-0.4, -0.2) is 29.3 Å². The number of carbonyl (C=O) groups excluding carboxylic acids is 1. The van der Waals surface area contributed by atoms with Crippen LogP contribution in [0.15, 0.2) is 52.9 Å². The normalized spacial score (nSPS) is 10.7. The van der Waals surface area contributed by atoms with E-state index in [2.05, 4.69) is 20.8 Å². The van der Waals surface area contributed by atoms with Gasteiger partial charge in [-0.05, 0) is 48.0 Å². The fourth-order valence-electron chi connectivity index (χ4n) is 2.09. The third kappa shape index (κ3) is 4.96. The van der Waals surface area contributed by atoms with Gasteiger partial charge in [0.1, 0.15) is 5.69 Å². The van der Waals surface area contributed by atoms with Crippen molar-refractivity contribution < 1.29 is 14.6 Å². The number of phenolic OH excluding ortho intramolecular Hbond substituents is 1. The lowest BCUT2D eigenvalue weighted by Gasteiger charge is -2.03. The first-order valence-electron chi connectivity index (χ1n) is 7.73. The van der Waals surface area contributed by atoms with E-state index >= 15 is 0 Å². The Balaban J connectivity index is 1.60. The van der Waals surface area contributed by atoms with Crippen LogP contribution in [0, 0.1) is 0 Å². The molecule has 9 heteroatoms. The van der Waals surface area contributed by atoms with Crippen LogP contribution in [0.5, 0.6) is 11.5 Å². The van der Waals surface area contributed by atoms with Crippen LogP contribution in [-0.2, 0) is 0 Å². The number of thiazole rings is 1. The second-order valence-corrected chi connectivity index (χ2v) is 6.59. The van der Waals surface area contributed by atoms with Gasteiger partial charge in [0, 0.05) is 16.1 Å². The summed E-state index contributed by atoms with van der Waals surface area (Å²) >= 11 is 7.15. The van der Waals surface area contributed by atoms with Crippen molar-refractivity contribution in [1.29, 1.82) is 0 Å². The molecule has 3 N–H and O–H groups in total. The number of rotatable bonds is 6. The Morgan fingerprint density at radius 3 is 2.81 bits per heavy atom. The molecule has 0 atom stereocenters. The van der Waals surface area contributed by atoms with Crippen LogP contribution in [0.25, 0.3) is 0 Å². The largest absolute Gasteiger partial charge is 0.504 e. The van der Waals surface area contributed by atoms with Gasteiger partial charge in [0.25, 0.3) is 5.91 Å². The molecule has 0 radical (unpaired) electrons. The second kappa shape index (κ2) is 8.52. The number of nitrogens with one attached hydrogen (secondary N) is 2. The van der Waals surface area contributed by atoms with Gasteiger partial charge in [-0.25, -0.2) is 10.4 Å². The van der Waals surface area contributed by atoms with Crippen molar-refractivity contribution in [3.63, 3.8) is 0 Å². The van der Waals surface area contributed by atoms with E-state index in [1.54, 1.807) is 29.6 Å². The minimum Gasteiger partial charge on any atom is -0.504 e.